The zero-order valence-electron chi connectivity index (χ0n) is 17.1. The lowest BCUT2D eigenvalue weighted by molar-refractivity contribution is -0.211. The van der Waals surface area contributed by atoms with Gasteiger partial charge >= 0.3 is 0 Å². The summed E-state index contributed by atoms with van der Waals surface area (Å²) in [5, 5.41) is 0. The van der Waals surface area contributed by atoms with Crippen LogP contribution in [0, 0.1) is 52.8 Å². The number of hydrogen-bond donors (Lipinski definition) is 0. The number of rotatable bonds is 2. The molecule has 11 atom stereocenters. The third-order valence-corrected chi connectivity index (χ3v) is 10.5. The molecule has 6 aliphatic carbocycles. The molecule has 0 radical (unpaired) electrons. The van der Waals surface area contributed by atoms with Gasteiger partial charge in [0.25, 0.3) is 0 Å². The second-order valence-corrected chi connectivity index (χ2v) is 11.0. The highest BCUT2D eigenvalue weighted by atomic mass is 16.7. The molecule has 0 amide bonds. The molecule has 0 saturated heterocycles. The summed E-state index contributed by atoms with van der Waals surface area (Å²) in [5.74, 6) is 6.82. The van der Waals surface area contributed by atoms with Gasteiger partial charge in [0.05, 0.1) is 5.60 Å². The van der Waals surface area contributed by atoms with E-state index in [4.69, 9.17) is 9.47 Å². The summed E-state index contributed by atoms with van der Waals surface area (Å²) in [6, 6.07) is 0. The van der Waals surface area contributed by atoms with Crippen LogP contribution in [-0.4, -0.2) is 24.8 Å². The Labute approximate surface area is 167 Å². The smallest absolute Gasteiger partial charge is 0.177 e. The molecule has 1 spiro atoms. The number of fused-ring (bicyclic) bond motifs is 12. The Morgan fingerprint density at radius 3 is 2.86 bits per heavy atom. The molecule has 0 aromatic heterocycles. The van der Waals surface area contributed by atoms with Crippen LogP contribution < -0.4 is 0 Å². The molecule has 0 aromatic rings. The van der Waals surface area contributed by atoms with E-state index in [2.05, 4.69) is 25.2 Å². The molecular weight excluding hydrogens is 348 g/mol. The summed E-state index contributed by atoms with van der Waals surface area (Å²) in [5.41, 5.74) is 1.82. The number of carbonyl (C=O) groups is 1. The molecule has 5 saturated carbocycles. The number of hydrogen-bond acceptors (Lipinski definition) is 3. The molecule has 0 bridgehead atoms. The zero-order valence-corrected chi connectivity index (χ0v) is 17.1. The van der Waals surface area contributed by atoms with E-state index in [1.807, 2.05) is 0 Å². The van der Waals surface area contributed by atoms with Gasteiger partial charge in [-0.3, -0.25) is 4.79 Å². The molecule has 0 aromatic carbocycles. The largest absolute Gasteiger partial charge is 0.352 e. The molecule has 5 fully saturated rings. The van der Waals surface area contributed by atoms with Gasteiger partial charge in [-0.05, 0) is 98.0 Å². The van der Waals surface area contributed by atoms with Crippen molar-refractivity contribution in [1.29, 1.82) is 0 Å². The summed E-state index contributed by atoms with van der Waals surface area (Å²) in [4.78, 5) is 12.1. The highest BCUT2D eigenvalue weighted by Gasteiger charge is 2.79. The Bertz CT molecular complexity index is 813. The monoisotopic (exact) mass is 380 g/mol. The van der Waals surface area contributed by atoms with Crippen molar-refractivity contribution in [3.8, 4) is 0 Å². The molecule has 1 aliphatic heterocycles. The maximum atomic E-state index is 12.1. The maximum absolute atomic E-state index is 12.1. The minimum Gasteiger partial charge on any atom is -0.352 e. The Morgan fingerprint density at radius 1 is 1.18 bits per heavy atom. The fourth-order valence-corrected chi connectivity index (χ4v) is 9.59. The summed E-state index contributed by atoms with van der Waals surface area (Å²) in [7, 11) is 1.77. The quantitative estimate of drug-likeness (QED) is 0.661. The first-order valence-corrected chi connectivity index (χ1v) is 11.8. The number of methoxy groups -OCH3 is 1. The normalized spacial score (nSPS) is 59.9. The van der Waals surface area contributed by atoms with E-state index in [1.165, 1.54) is 32.1 Å². The van der Waals surface area contributed by atoms with Crippen LogP contribution in [0.2, 0.25) is 0 Å². The van der Waals surface area contributed by atoms with Crippen LogP contribution in [0.1, 0.15) is 51.9 Å². The van der Waals surface area contributed by atoms with Gasteiger partial charge in [-0.25, -0.2) is 0 Å². The van der Waals surface area contributed by atoms with E-state index in [-0.39, 0.29) is 11.9 Å². The van der Waals surface area contributed by atoms with Gasteiger partial charge in [-0.1, -0.05) is 18.6 Å². The van der Waals surface area contributed by atoms with E-state index in [9.17, 15) is 4.79 Å². The van der Waals surface area contributed by atoms with Gasteiger partial charge in [0, 0.05) is 18.9 Å². The predicted molar refractivity (Wildman–Crippen MR) is 105 cm³/mol. The topological polar surface area (TPSA) is 35.5 Å². The number of carbonyl (C=O) groups excluding carboxylic acids is 1. The van der Waals surface area contributed by atoms with Crippen molar-refractivity contribution in [1.82, 2.24) is 0 Å². The third kappa shape index (κ3) is 1.75. The van der Waals surface area contributed by atoms with Crippen molar-refractivity contribution < 1.29 is 14.3 Å². The van der Waals surface area contributed by atoms with E-state index in [1.54, 1.807) is 12.7 Å². The molecule has 0 N–H and O–H groups in total. The lowest BCUT2D eigenvalue weighted by Gasteiger charge is -2.58. The molecule has 28 heavy (non-hydrogen) atoms. The van der Waals surface area contributed by atoms with Crippen LogP contribution in [0.25, 0.3) is 0 Å². The Morgan fingerprint density at radius 2 is 2.07 bits per heavy atom. The fraction of sp³-hybridized carbons (Fsp3) is 0.800. The molecule has 3 heteroatoms. The van der Waals surface area contributed by atoms with Crippen LogP contribution >= 0.6 is 0 Å². The molecule has 150 valence electrons. The van der Waals surface area contributed by atoms with Crippen molar-refractivity contribution in [2.45, 2.75) is 63.8 Å². The fourth-order valence-electron chi connectivity index (χ4n) is 9.59. The summed E-state index contributed by atoms with van der Waals surface area (Å²) < 4.78 is 12.3. The minimum absolute atomic E-state index is 0.0637. The molecular formula is C25H32O3. The van der Waals surface area contributed by atoms with Gasteiger partial charge in [0.2, 0.25) is 0 Å². The second kappa shape index (κ2) is 5.21. The first-order valence-electron chi connectivity index (χ1n) is 11.8. The van der Waals surface area contributed by atoms with Crippen LogP contribution in [0.15, 0.2) is 23.8 Å². The van der Waals surface area contributed by atoms with E-state index in [0.29, 0.717) is 17.1 Å². The first-order chi connectivity index (χ1) is 13.6. The van der Waals surface area contributed by atoms with Crippen LogP contribution in [0.3, 0.4) is 0 Å². The highest BCUT2D eigenvalue weighted by Crippen LogP contribution is 2.81. The van der Waals surface area contributed by atoms with Gasteiger partial charge < -0.3 is 9.47 Å². The van der Waals surface area contributed by atoms with E-state index in [0.717, 1.165) is 54.3 Å². The van der Waals surface area contributed by atoms with E-state index >= 15 is 0 Å². The third-order valence-electron chi connectivity index (χ3n) is 10.5. The standard InChI is InChI=1S/C25H32O3/c1-3-24-8-6-15-14-5-4-13(26)10-16(14)17-11-18(17)22(15)23(24)19-12-20(19)25(24)9-7-21(27-2)28-25/h7,9-10,14-15,17-23H,3-6,8,11-12H2,1-2H3/t14-,15?,17+,18+,19-,20+,21?,22?,23?,24+,25+/m1/s1. The van der Waals surface area contributed by atoms with Crippen molar-refractivity contribution in [2.24, 2.45) is 52.8 Å². The summed E-state index contributed by atoms with van der Waals surface area (Å²) in [6.45, 7) is 2.43. The van der Waals surface area contributed by atoms with Crippen molar-refractivity contribution >= 4 is 5.78 Å². The van der Waals surface area contributed by atoms with Crippen LogP contribution in [0.4, 0.5) is 0 Å². The first kappa shape index (κ1) is 16.8. The van der Waals surface area contributed by atoms with Gasteiger partial charge in [0.1, 0.15) is 0 Å². The lowest BCUT2D eigenvalue weighted by atomic mass is 9.48. The van der Waals surface area contributed by atoms with Crippen LogP contribution in [-0.2, 0) is 14.3 Å². The Hall–Kier alpha value is -0.930. The average molecular weight is 381 g/mol. The highest BCUT2D eigenvalue weighted by molar-refractivity contribution is 5.91. The molecule has 1 heterocycles. The zero-order chi connectivity index (χ0) is 18.8. The minimum atomic E-state index is -0.153. The van der Waals surface area contributed by atoms with Crippen LogP contribution in [0.5, 0.6) is 0 Å². The molecule has 7 rings (SSSR count). The lowest BCUT2D eigenvalue weighted by Crippen LogP contribution is -2.57. The van der Waals surface area contributed by atoms with Crippen molar-refractivity contribution in [2.75, 3.05) is 7.11 Å². The maximum Gasteiger partial charge on any atom is 0.177 e. The number of ether oxygens (including phenoxy) is 2. The van der Waals surface area contributed by atoms with Gasteiger partial charge in [-0.2, -0.15) is 0 Å². The predicted octanol–water partition coefficient (Wildman–Crippen LogP) is 4.53. The average Bonchev–Trinajstić information content (AvgIpc) is 3.62. The Kier molecular flexibility index (Phi) is 3.13. The van der Waals surface area contributed by atoms with Crippen molar-refractivity contribution in [3.05, 3.63) is 23.8 Å². The Balaban J connectivity index is 1.30. The molecule has 7 aliphatic rings. The van der Waals surface area contributed by atoms with Gasteiger partial charge in [0.15, 0.2) is 12.1 Å². The SMILES string of the molecule is CC[C@]12CCC3C(C1[C@@H]1C[C@@H]1[C@@]21C=CC(OC)O1)[C@H]1C[C@H]1C1=CC(=O)CC[C@@H]13. The van der Waals surface area contributed by atoms with Crippen molar-refractivity contribution in [3.63, 3.8) is 0 Å². The summed E-state index contributed by atoms with van der Waals surface area (Å²) >= 11 is 0. The summed E-state index contributed by atoms with van der Waals surface area (Å²) in [6.07, 6.45) is 15.1. The van der Waals surface area contributed by atoms with E-state index < -0.39 is 0 Å². The number of ketones is 1. The molecule has 3 nitrogen and oxygen atoms in total. The molecule has 4 unspecified atom stereocenters. The number of allylic oxidation sites excluding steroid dienone is 1. The van der Waals surface area contributed by atoms with Gasteiger partial charge in [-0.15, -0.1) is 0 Å². The second-order valence-electron chi connectivity index (χ2n) is 11.0.